The minimum absolute atomic E-state index is 0.0683. The Morgan fingerprint density at radius 2 is 2.24 bits per heavy atom. The number of aromatic nitrogens is 4. The second-order valence-corrected chi connectivity index (χ2v) is 4.15. The van der Waals surface area contributed by atoms with E-state index in [0.29, 0.717) is 17.7 Å². The number of nitrogens with one attached hydrogen (secondary N) is 2. The van der Waals surface area contributed by atoms with Crippen molar-refractivity contribution in [1.29, 1.82) is 0 Å². The van der Waals surface area contributed by atoms with E-state index in [1.165, 1.54) is 0 Å². The lowest BCUT2D eigenvalue weighted by Gasteiger charge is -2.17. The van der Waals surface area contributed by atoms with E-state index in [1.54, 1.807) is 0 Å². The molecule has 0 aliphatic heterocycles. The topological polar surface area (TPSA) is 121 Å². The maximum absolute atomic E-state index is 11.1. The summed E-state index contributed by atoms with van der Waals surface area (Å²) in [6.07, 6.45) is 0.520. The molecule has 0 saturated heterocycles. The molecule has 0 radical (unpaired) electrons. The molecule has 5 N–H and O–H groups in total. The van der Waals surface area contributed by atoms with Gasteiger partial charge in [0.1, 0.15) is 11.4 Å². The Hall–Kier alpha value is -2.15. The highest BCUT2D eigenvalue weighted by Gasteiger charge is 2.32. The van der Waals surface area contributed by atoms with E-state index in [0.717, 1.165) is 17.0 Å². The Balaban J connectivity index is 2.30. The first-order valence-electron chi connectivity index (χ1n) is 5.21. The van der Waals surface area contributed by atoms with Gasteiger partial charge in [0, 0.05) is 29.3 Å². The predicted molar refractivity (Wildman–Crippen MR) is 58.5 cm³/mol. The van der Waals surface area contributed by atoms with Crippen LogP contribution in [0.25, 0.3) is 11.3 Å². The molecule has 2 heterocycles. The number of H-pyrrole nitrogens is 2. The van der Waals surface area contributed by atoms with Crippen molar-refractivity contribution in [1.82, 2.24) is 20.4 Å². The van der Waals surface area contributed by atoms with Gasteiger partial charge in [-0.1, -0.05) is 0 Å². The van der Waals surface area contributed by atoms with Gasteiger partial charge in [0.25, 0.3) is 0 Å². The van der Waals surface area contributed by atoms with Gasteiger partial charge >= 0.3 is 5.97 Å². The normalized spacial score (nSPS) is 17.6. The number of carboxylic acids is 1. The maximum Gasteiger partial charge on any atom is 0.354 e. The third-order valence-electron chi connectivity index (χ3n) is 3.06. The van der Waals surface area contributed by atoms with Crippen molar-refractivity contribution in [2.75, 3.05) is 0 Å². The Kier molecular flexibility index (Phi) is 1.87. The predicted octanol–water partition coefficient (Wildman–Crippen LogP) is 0.362. The second kappa shape index (κ2) is 3.17. The van der Waals surface area contributed by atoms with E-state index in [2.05, 4.69) is 20.4 Å². The number of nitrogens with two attached hydrogens (primary N) is 1. The highest BCUT2D eigenvalue weighted by Crippen LogP contribution is 2.38. The molecule has 0 saturated carbocycles. The first-order chi connectivity index (χ1) is 8.09. The number of aryl methyl sites for hydroxylation is 1. The summed E-state index contributed by atoms with van der Waals surface area (Å²) in [5.41, 5.74) is 9.79. The summed E-state index contributed by atoms with van der Waals surface area (Å²) in [5, 5.41) is 22.7. The molecule has 1 atom stereocenters. The third-order valence-corrected chi connectivity index (χ3v) is 3.06. The molecule has 1 aliphatic rings. The fourth-order valence-corrected chi connectivity index (χ4v) is 2.32. The minimum atomic E-state index is -1.04. The van der Waals surface area contributed by atoms with Gasteiger partial charge in [-0.2, -0.15) is 10.2 Å². The van der Waals surface area contributed by atoms with Crippen molar-refractivity contribution in [3.63, 3.8) is 0 Å². The average Bonchev–Trinajstić information content (AvgIpc) is 2.82. The molecule has 3 rings (SSSR count). The molecule has 1 aliphatic carbocycles. The number of carboxylic acid groups (broad SMARTS) is 1. The SMILES string of the molecule is Cc1[nH]nc2c1-c1n[nH]c(C(=O)O)c1C(N)C2. The second-order valence-electron chi connectivity index (χ2n) is 4.15. The Labute approximate surface area is 96.0 Å². The lowest BCUT2D eigenvalue weighted by molar-refractivity contribution is 0.0688. The van der Waals surface area contributed by atoms with Crippen LogP contribution in [-0.4, -0.2) is 31.5 Å². The molecule has 0 aromatic carbocycles. The molecule has 2 aromatic rings. The fourth-order valence-electron chi connectivity index (χ4n) is 2.32. The smallest absolute Gasteiger partial charge is 0.354 e. The zero-order chi connectivity index (χ0) is 12.2. The van der Waals surface area contributed by atoms with Crippen LogP contribution in [0.15, 0.2) is 0 Å². The van der Waals surface area contributed by atoms with Crippen LogP contribution in [0.5, 0.6) is 0 Å². The van der Waals surface area contributed by atoms with Gasteiger partial charge in [-0.3, -0.25) is 10.2 Å². The molecule has 0 fully saturated rings. The quantitative estimate of drug-likeness (QED) is 0.566. The summed E-state index contributed by atoms with van der Waals surface area (Å²) < 4.78 is 0. The highest BCUT2D eigenvalue weighted by atomic mass is 16.4. The van der Waals surface area contributed by atoms with Crippen LogP contribution >= 0.6 is 0 Å². The molecule has 7 nitrogen and oxygen atoms in total. The van der Waals surface area contributed by atoms with Crippen molar-refractivity contribution in [3.8, 4) is 11.3 Å². The summed E-state index contributed by atoms with van der Waals surface area (Å²) in [6, 6.07) is -0.384. The van der Waals surface area contributed by atoms with Crippen molar-refractivity contribution in [2.24, 2.45) is 5.73 Å². The Morgan fingerprint density at radius 1 is 1.47 bits per heavy atom. The molecule has 17 heavy (non-hydrogen) atoms. The van der Waals surface area contributed by atoms with Crippen molar-refractivity contribution in [2.45, 2.75) is 19.4 Å². The highest BCUT2D eigenvalue weighted by molar-refractivity contribution is 5.91. The number of aromatic amines is 2. The van der Waals surface area contributed by atoms with E-state index in [9.17, 15) is 4.79 Å². The van der Waals surface area contributed by atoms with Crippen LogP contribution in [0.1, 0.15) is 33.5 Å². The van der Waals surface area contributed by atoms with Crippen LogP contribution in [0.2, 0.25) is 0 Å². The first kappa shape index (κ1) is 10.0. The number of nitrogens with zero attached hydrogens (tertiary/aromatic N) is 2. The first-order valence-corrected chi connectivity index (χ1v) is 5.21. The average molecular weight is 233 g/mol. The van der Waals surface area contributed by atoms with E-state index in [4.69, 9.17) is 10.8 Å². The molecular weight excluding hydrogens is 222 g/mol. The van der Waals surface area contributed by atoms with Crippen LogP contribution < -0.4 is 5.73 Å². The Bertz CT molecular complexity index is 612. The standard InChI is InChI=1S/C10H11N5O2/c1-3-6-5(13-12-3)2-4(11)7-8(6)14-15-9(7)10(16)17/h4H,2,11H2,1H3,(H,12,13)(H,14,15)(H,16,17). The molecule has 0 spiro atoms. The summed E-state index contributed by atoms with van der Waals surface area (Å²) >= 11 is 0. The molecule has 0 bridgehead atoms. The van der Waals surface area contributed by atoms with Gasteiger partial charge in [0.2, 0.25) is 0 Å². The van der Waals surface area contributed by atoms with Gasteiger partial charge in [-0.05, 0) is 6.92 Å². The van der Waals surface area contributed by atoms with Crippen LogP contribution in [0, 0.1) is 6.92 Å². The van der Waals surface area contributed by atoms with Gasteiger partial charge in [-0.15, -0.1) is 0 Å². The van der Waals surface area contributed by atoms with Crippen molar-refractivity contribution in [3.05, 3.63) is 22.6 Å². The number of rotatable bonds is 1. The van der Waals surface area contributed by atoms with E-state index in [1.807, 2.05) is 6.92 Å². The molecule has 1 unspecified atom stereocenters. The summed E-state index contributed by atoms with van der Waals surface area (Å²) in [6.45, 7) is 1.88. The number of fused-ring (bicyclic) bond motifs is 3. The lowest BCUT2D eigenvalue weighted by atomic mass is 9.89. The van der Waals surface area contributed by atoms with Crippen LogP contribution in [-0.2, 0) is 6.42 Å². The third kappa shape index (κ3) is 1.22. The molecular formula is C10H11N5O2. The number of hydrogen-bond donors (Lipinski definition) is 4. The summed E-state index contributed by atoms with van der Waals surface area (Å²) in [7, 11) is 0. The van der Waals surface area contributed by atoms with Gasteiger partial charge in [0.15, 0.2) is 0 Å². The van der Waals surface area contributed by atoms with Crippen LogP contribution in [0.4, 0.5) is 0 Å². The summed E-state index contributed by atoms with van der Waals surface area (Å²) in [5.74, 6) is -1.04. The van der Waals surface area contributed by atoms with Gasteiger partial charge in [0.05, 0.1) is 5.69 Å². The van der Waals surface area contributed by atoms with Gasteiger partial charge < -0.3 is 10.8 Å². The largest absolute Gasteiger partial charge is 0.477 e. The maximum atomic E-state index is 11.1. The van der Waals surface area contributed by atoms with Crippen molar-refractivity contribution >= 4 is 5.97 Å². The summed E-state index contributed by atoms with van der Waals surface area (Å²) in [4.78, 5) is 11.1. The number of carbonyl (C=O) groups is 1. The zero-order valence-corrected chi connectivity index (χ0v) is 9.11. The monoisotopic (exact) mass is 233 g/mol. The Morgan fingerprint density at radius 3 is 2.94 bits per heavy atom. The number of aromatic carboxylic acids is 1. The fraction of sp³-hybridized carbons (Fsp3) is 0.300. The number of hydrogen-bond acceptors (Lipinski definition) is 4. The molecule has 7 heteroatoms. The van der Waals surface area contributed by atoms with E-state index >= 15 is 0 Å². The van der Waals surface area contributed by atoms with E-state index < -0.39 is 5.97 Å². The van der Waals surface area contributed by atoms with E-state index in [-0.39, 0.29) is 11.7 Å². The lowest BCUT2D eigenvalue weighted by Crippen LogP contribution is -2.20. The molecule has 88 valence electrons. The van der Waals surface area contributed by atoms with Crippen molar-refractivity contribution < 1.29 is 9.90 Å². The minimum Gasteiger partial charge on any atom is -0.477 e. The van der Waals surface area contributed by atoms with Gasteiger partial charge in [-0.25, -0.2) is 4.79 Å². The molecule has 0 amide bonds. The zero-order valence-electron chi connectivity index (χ0n) is 9.11. The molecule has 2 aromatic heterocycles. The van der Waals surface area contributed by atoms with Crippen LogP contribution in [0.3, 0.4) is 0 Å².